The van der Waals surface area contributed by atoms with Crippen LogP contribution in [0.15, 0.2) is 39.3 Å². The highest BCUT2D eigenvalue weighted by Gasteiger charge is 2.15. The van der Waals surface area contributed by atoms with Crippen molar-refractivity contribution in [2.45, 2.75) is 0 Å². The van der Waals surface area contributed by atoms with Gasteiger partial charge in [-0.15, -0.1) is 0 Å². The molecule has 2 aromatic carbocycles. The van der Waals surface area contributed by atoms with Crippen LogP contribution in [-0.4, -0.2) is 9.55 Å². The summed E-state index contributed by atoms with van der Waals surface area (Å²) in [5.41, 5.74) is 8.98. The largest absolute Gasteiger partial charge is 0.397 e. The Balaban J connectivity index is 2.32. The van der Waals surface area contributed by atoms with Crippen LogP contribution in [0.2, 0.25) is 0 Å². The molecule has 0 aliphatic rings. The number of aromatic nitrogens is 2. The first-order valence-corrected chi connectivity index (χ1v) is 7.43. The van der Waals surface area contributed by atoms with Crippen LogP contribution in [0.5, 0.6) is 0 Å². The lowest BCUT2D eigenvalue weighted by molar-refractivity contribution is 0.629. The Morgan fingerprint density at radius 1 is 1.20 bits per heavy atom. The van der Waals surface area contributed by atoms with Gasteiger partial charge in [-0.05, 0) is 40.2 Å². The van der Waals surface area contributed by atoms with Gasteiger partial charge in [-0.1, -0.05) is 15.9 Å². The van der Waals surface area contributed by atoms with Crippen molar-refractivity contribution in [1.29, 1.82) is 0 Å². The molecule has 6 heteroatoms. The number of anilines is 1. The fraction of sp³-hybridized carbons (Fsp3) is 0.0714. The van der Waals surface area contributed by atoms with Gasteiger partial charge < -0.3 is 10.3 Å². The lowest BCUT2D eigenvalue weighted by Gasteiger charge is -2.08. The lowest BCUT2D eigenvalue weighted by atomic mass is 10.1. The molecule has 1 aromatic heterocycles. The van der Waals surface area contributed by atoms with Gasteiger partial charge >= 0.3 is 0 Å². The molecule has 0 fully saturated rings. The Morgan fingerprint density at radius 3 is 2.70 bits per heavy atom. The second-order valence-electron chi connectivity index (χ2n) is 4.48. The molecule has 0 spiro atoms. The van der Waals surface area contributed by atoms with E-state index >= 15 is 0 Å². The SMILES string of the molecule is Cn1c(-c2cc(Br)cc(Br)c2N)nc2cc(F)ccc21. The number of benzene rings is 2. The second-order valence-corrected chi connectivity index (χ2v) is 6.25. The van der Waals surface area contributed by atoms with E-state index in [9.17, 15) is 4.39 Å². The molecule has 3 aromatic rings. The zero-order chi connectivity index (χ0) is 14.4. The Kier molecular flexibility index (Phi) is 3.30. The Labute approximate surface area is 131 Å². The van der Waals surface area contributed by atoms with E-state index in [-0.39, 0.29) is 5.82 Å². The normalized spacial score (nSPS) is 11.2. The van der Waals surface area contributed by atoms with Crippen molar-refractivity contribution in [2.75, 3.05) is 5.73 Å². The Bertz CT molecular complexity index is 827. The molecule has 20 heavy (non-hydrogen) atoms. The molecule has 0 aliphatic carbocycles. The van der Waals surface area contributed by atoms with E-state index in [1.54, 1.807) is 6.07 Å². The number of imidazole rings is 1. The topological polar surface area (TPSA) is 43.8 Å². The van der Waals surface area contributed by atoms with Gasteiger partial charge in [-0.2, -0.15) is 0 Å². The number of fused-ring (bicyclic) bond motifs is 1. The molecule has 3 rings (SSSR count). The number of nitrogens with zero attached hydrogens (tertiary/aromatic N) is 2. The fourth-order valence-electron chi connectivity index (χ4n) is 2.18. The summed E-state index contributed by atoms with van der Waals surface area (Å²) in [7, 11) is 1.89. The van der Waals surface area contributed by atoms with Crippen LogP contribution in [0.3, 0.4) is 0 Å². The molecule has 0 unspecified atom stereocenters. The summed E-state index contributed by atoms with van der Waals surface area (Å²) in [6.07, 6.45) is 0. The molecule has 0 amide bonds. The zero-order valence-corrected chi connectivity index (χ0v) is 13.7. The summed E-state index contributed by atoms with van der Waals surface area (Å²) in [6, 6.07) is 8.33. The minimum Gasteiger partial charge on any atom is -0.397 e. The van der Waals surface area contributed by atoms with Gasteiger partial charge in [0.1, 0.15) is 11.6 Å². The van der Waals surface area contributed by atoms with Crippen LogP contribution in [0, 0.1) is 5.82 Å². The molecule has 0 atom stereocenters. The lowest BCUT2D eigenvalue weighted by Crippen LogP contribution is -1.98. The van der Waals surface area contributed by atoms with Crippen molar-refractivity contribution >= 4 is 48.6 Å². The predicted molar refractivity (Wildman–Crippen MR) is 85.9 cm³/mol. The minimum atomic E-state index is -0.300. The van der Waals surface area contributed by atoms with Gasteiger partial charge in [-0.3, -0.25) is 0 Å². The first-order chi connectivity index (χ1) is 9.47. The van der Waals surface area contributed by atoms with E-state index in [1.807, 2.05) is 23.7 Å². The third kappa shape index (κ3) is 2.13. The van der Waals surface area contributed by atoms with Gasteiger partial charge in [0.2, 0.25) is 0 Å². The molecule has 1 heterocycles. The average molecular weight is 399 g/mol. The van der Waals surface area contributed by atoms with Crippen LogP contribution in [0.1, 0.15) is 0 Å². The van der Waals surface area contributed by atoms with E-state index in [0.29, 0.717) is 17.0 Å². The Hall–Kier alpha value is -1.40. The number of halogens is 3. The highest BCUT2D eigenvalue weighted by molar-refractivity contribution is 9.11. The van der Waals surface area contributed by atoms with Crippen molar-refractivity contribution in [3.8, 4) is 11.4 Å². The molecular weight excluding hydrogens is 389 g/mol. The monoisotopic (exact) mass is 397 g/mol. The van der Waals surface area contributed by atoms with Crippen LogP contribution >= 0.6 is 31.9 Å². The van der Waals surface area contributed by atoms with E-state index in [0.717, 1.165) is 20.0 Å². The minimum absolute atomic E-state index is 0.300. The van der Waals surface area contributed by atoms with Crippen LogP contribution in [0.4, 0.5) is 10.1 Å². The molecule has 102 valence electrons. The summed E-state index contributed by atoms with van der Waals surface area (Å²) in [5.74, 6) is 0.399. The third-order valence-corrected chi connectivity index (χ3v) is 4.29. The maximum Gasteiger partial charge on any atom is 0.143 e. The van der Waals surface area contributed by atoms with E-state index in [1.165, 1.54) is 12.1 Å². The van der Waals surface area contributed by atoms with Crippen LogP contribution in [-0.2, 0) is 7.05 Å². The van der Waals surface area contributed by atoms with Crippen molar-refractivity contribution < 1.29 is 4.39 Å². The number of rotatable bonds is 1. The fourth-order valence-corrected chi connectivity index (χ4v) is 3.41. The van der Waals surface area contributed by atoms with Crippen molar-refractivity contribution in [2.24, 2.45) is 7.05 Å². The molecule has 3 nitrogen and oxygen atoms in total. The average Bonchev–Trinajstić information content (AvgIpc) is 2.70. The van der Waals surface area contributed by atoms with Crippen molar-refractivity contribution in [3.05, 3.63) is 45.1 Å². The molecule has 0 radical (unpaired) electrons. The smallest absolute Gasteiger partial charge is 0.143 e. The number of nitrogens with two attached hydrogens (primary N) is 1. The van der Waals surface area contributed by atoms with Crippen molar-refractivity contribution in [3.63, 3.8) is 0 Å². The highest BCUT2D eigenvalue weighted by Crippen LogP contribution is 2.35. The third-order valence-electron chi connectivity index (χ3n) is 3.18. The van der Waals surface area contributed by atoms with Crippen LogP contribution < -0.4 is 5.73 Å². The van der Waals surface area contributed by atoms with E-state index < -0.39 is 0 Å². The standard InChI is InChI=1S/C14H10Br2FN3/c1-20-12-3-2-8(17)6-11(12)19-14(20)9-4-7(15)5-10(16)13(9)18/h2-6H,18H2,1H3. The maximum absolute atomic E-state index is 13.3. The van der Waals surface area contributed by atoms with Gasteiger partial charge in [0.15, 0.2) is 0 Å². The van der Waals surface area contributed by atoms with Crippen molar-refractivity contribution in [1.82, 2.24) is 9.55 Å². The quantitative estimate of drug-likeness (QED) is 0.614. The first kappa shape index (κ1) is 13.6. The predicted octanol–water partition coefficient (Wildman–Crippen LogP) is 4.49. The van der Waals surface area contributed by atoms with E-state index in [4.69, 9.17) is 5.73 Å². The number of nitrogen functional groups attached to an aromatic ring is 1. The van der Waals surface area contributed by atoms with E-state index in [2.05, 4.69) is 36.8 Å². The van der Waals surface area contributed by atoms with Crippen LogP contribution in [0.25, 0.3) is 22.4 Å². The molecule has 0 saturated carbocycles. The maximum atomic E-state index is 13.3. The van der Waals surface area contributed by atoms with Gasteiger partial charge in [-0.25, -0.2) is 9.37 Å². The van der Waals surface area contributed by atoms with Gasteiger partial charge in [0.25, 0.3) is 0 Å². The molecule has 0 aliphatic heterocycles. The molecular formula is C14H10Br2FN3. The summed E-state index contributed by atoms with van der Waals surface area (Å²) in [5, 5.41) is 0. The summed E-state index contributed by atoms with van der Waals surface area (Å²) >= 11 is 6.86. The summed E-state index contributed by atoms with van der Waals surface area (Å²) in [6.45, 7) is 0. The van der Waals surface area contributed by atoms with Gasteiger partial charge in [0.05, 0.1) is 16.7 Å². The molecule has 0 saturated heterocycles. The first-order valence-electron chi connectivity index (χ1n) is 5.84. The second kappa shape index (κ2) is 4.86. The summed E-state index contributed by atoms with van der Waals surface area (Å²) in [4.78, 5) is 4.49. The zero-order valence-electron chi connectivity index (χ0n) is 10.5. The molecule has 0 bridgehead atoms. The summed E-state index contributed by atoms with van der Waals surface area (Å²) < 4.78 is 16.9. The Morgan fingerprint density at radius 2 is 1.95 bits per heavy atom. The van der Waals surface area contributed by atoms with Gasteiger partial charge in [0, 0.05) is 27.6 Å². The number of aryl methyl sites for hydroxylation is 1. The number of hydrogen-bond acceptors (Lipinski definition) is 2. The number of hydrogen-bond donors (Lipinski definition) is 1. The highest BCUT2D eigenvalue weighted by atomic mass is 79.9. The molecule has 2 N–H and O–H groups in total.